The third kappa shape index (κ3) is 4.88. The number of benzene rings is 1. The van der Waals surface area contributed by atoms with Crippen molar-refractivity contribution in [3.63, 3.8) is 0 Å². The van der Waals surface area contributed by atoms with Crippen LogP contribution in [-0.4, -0.2) is 21.1 Å². The Morgan fingerprint density at radius 3 is 2.72 bits per heavy atom. The highest BCUT2D eigenvalue weighted by atomic mass is 35.5. The number of carbonyl (C=O) groups is 1. The first-order chi connectivity index (χ1) is 12.0. The van der Waals surface area contributed by atoms with Gasteiger partial charge in [0, 0.05) is 11.9 Å². The van der Waals surface area contributed by atoms with Gasteiger partial charge >= 0.3 is 0 Å². The number of nitrogens with one attached hydrogen (secondary N) is 1. The maximum Gasteiger partial charge on any atom is 0.259 e. The predicted octanol–water partition coefficient (Wildman–Crippen LogP) is 4.92. The molecule has 0 aliphatic heterocycles. The number of pyridine rings is 1. The van der Waals surface area contributed by atoms with Crippen molar-refractivity contribution in [3.8, 4) is 0 Å². The van der Waals surface area contributed by atoms with Crippen LogP contribution in [0.25, 0.3) is 0 Å². The molecule has 2 heterocycles. The lowest BCUT2D eigenvalue weighted by molar-refractivity contribution is 0.102. The van der Waals surface area contributed by atoms with Crippen LogP contribution in [-0.2, 0) is 5.75 Å². The molecule has 0 atom stereocenters. The Balaban J connectivity index is 1.60. The molecule has 0 bridgehead atoms. The van der Waals surface area contributed by atoms with Gasteiger partial charge in [0.2, 0.25) is 5.13 Å². The van der Waals surface area contributed by atoms with Crippen molar-refractivity contribution in [3.05, 3.63) is 63.6 Å². The van der Waals surface area contributed by atoms with Gasteiger partial charge in [0.15, 0.2) is 4.34 Å². The normalized spacial score (nSPS) is 10.7. The molecule has 1 amide bonds. The number of nitrogens with zero attached hydrogens (tertiary/aromatic N) is 3. The quantitative estimate of drug-likeness (QED) is 0.364. The maximum absolute atomic E-state index is 12.9. The van der Waals surface area contributed by atoms with E-state index in [0.29, 0.717) is 15.2 Å². The molecule has 10 heteroatoms. The molecule has 0 unspecified atom stereocenters. The minimum atomic E-state index is -0.405. The summed E-state index contributed by atoms with van der Waals surface area (Å²) in [5.41, 5.74) is 1.24. The molecule has 2 aromatic heterocycles. The molecule has 128 valence electrons. The molecule has 3 aromatic rings. The molecule has 0 saturated carbocycles. The van der Waals surface area contributed by atoms with Gasteiger partial charge in [-0.05, 0) is 23.8 Å². The third-order valence-corrected chi connectivity index (χ3v) is 5.69. The largest absolute Gasteiger partial charge is 0.296 e. The average molecular weight is 415 g/mol. The minimum absolute atomic E-state index is 0.133. The first-order valence-corrected chi connectivity index (χ1v) is 9.40. The number of rotatable bonds is 5. The SMILES string of the molecule is O=C(Nc1nnc(SCc2ccc(F)cc2)s1)c1cnc(Cl)c(Cl)c1. The first kappa shape index (κ1) is 18.1. The van der Waals surface area contributed by atoms with Crippen molar-refractivity contribution in [1.29, 1.82) is 0 Å². The number of hydrogen-bond donors (Lipinski definition) is 1. The molecular weight excluding hydrogens is 406 g/mol. The van der Waals surface area contributed by atoms with E-state index in [1.54, 1.807) is 12.1 Å². The van der Waals surface area contributed by atoms with Crippen LogP contribution in [0, 0.1) is 5.82 Å². The number of anilines is 1. The van der Waals surface area contributed by atoms with Gasteiger partial charge in [0.05, 0.1) is 10.6 Å². The zero-order chi connectivity index (χ0) is 17.8. The van der Waals surface area contributed by atoms with Crippen molar-refractivity contribution in [2.75, 3.05) is 5.32 Å². The van der Waals surface area contributed by atoms with E-state index in [0.717, 1.165) is 5.56 Å². The van der Waals surface area contributed by atoms with E-state index < -0.39 is 5.91 Å². The summed E-state index contributed by atoms with van der Waals surface area (Å²) < 4.78 is 13.6. The van der Waals surface area contributed by atoms with Crippen molar-refractivity contribution >= 4 is 57.3 Å². The van der Waals surface area contributed by atoms with E-state index in [1.165, 1.54) is 47.5 Å². The molecule has 0 aliphatic carbocycles. The van der Waals surface area contributed by atoms with Crippen molar-refractivity contribution in [2.24, 2.45) is 0 Å². The predicted molar refractivity (Wildman–Crippen MR) is 98.1 cm³/mol. The molecule has 3 rings (SSSR count). The van der Waals surface area contributed by atoms with Crippen molar-refractivity contribution in [2.45, 2.75) is 10.1 Å². The van der Waals surface area contributed by atoms with Gasteiger partial charge in [-0.1, -0.05) is 58.4 Å². The number of halogens is 3. The lowest BCUT2D eigenvalue weighted by atomic mass is 10.2. The second kappa shape index (κ2) is 8.09. The Kier molecular flexibility index (Phi) is 5.85. The smallest absolute Gasteiger partial charge is 0.259 e. The zero-order valence-electron chi connectivity index (χ0n) is 12.4. The molecule has 0 spiro atoms. The van der Waals surface area contributed by atoms with Gasteiger partial charge in [-0.15, -0.1) is 10.2 Å². The highest BCUT2D eigenvalue weighted by Gasteiger charge is 2.12. The Morgan fingerprint density at radius 2 is 2.00 bits per heavy atom. The molecule has 1 aromatic carbocycles. The van der Waals surface area contributed by atoms with Crippen LogP contribution >= 0.6 is 46.3 Å². The molecule has 5 nitrogen and oxygen atoms in total. The number of hydrogen-bond acceptors (Lipinski definition) is 6. The number of carbonyl (C=O) groups excluding carboxylic acids is 1. The highest BCUT2D eigenvalue weighted by Crippen LogP contribution is 2.29. The lowest BCUT2D eigenvalue weighted by Gasteiger charge is -2.02. The summed E-state index contributed by atoms with van der Waals surface area (Å²) in [7, 11) is 0. The minimum Gasteiger partial charge on any atom is -0.296 e. The van der Waals surface area contributed by atoms with Gasteiger partial charge in [0.25, 0.3) is 5.91 Å². The molecule has 0 fully saturated rings. The first-order valence-electron chi connectivity index (χ1n) is 6.84. The lowest BCUT2D eigenvalue weighted by Crippen LogP contribution is -2.12. The van der Waals surface area contributed by atoms with E-state index in [1.807, 2.05) is 0 Å². The summed E-state index contributed by atoms with van der Waals surface area (Å²) >= 11 is 14.3. The number of aromatic nitrogens is 3. The number of amides is 1. The van der Waals surface area contributed by atoms with Crippen molar-refractivity contribution < 1.29 is 9.18 Å². The van der Waals surface area contributed by atoms with Gasteiger partial charge in [-0.25, -0.2) is 9.37 Å². The second-order valence-electron chi connectivity index (χ2n) is 4.74. The van der Waals surface area contributed by atoms with E-state index in [-0.39, 0.29) is 21.6 Å². The van der Waals surface area contributed by atoms with Crippen LogP contribution < -0.4 is 5.32 Å². The van der Waals surface area contributed by atoms with Gasteiger partial charge in [-0.3, -0.25) is 10.1 Å². The van der Waals surface area contributed by atoms with Gasteiger partial charge in [0.1, 0.15) is 11.0 Å². The Hall–Kier alpha value is -1.74. The van der Waals surface area contributed by atoms with Crippen LogP contribution in [0.2, 0.25) is 10.2 Å². The van der Waals surface area contributed by atoms with Crippen molar-refractivity contribution in [1.82, 2.24) is 15.2 Å². The van der Waals surface area contributed by atoms with E-state index >= 15 is 0 Å². The molecule has 0 aliphatic rings. The van der Waals surface area contributed by atoms with Crippen LogP contribution in [0.1, 0.15) is 15.9 Å². The van der Waals surface area contributed by atoms with E-state index in [2.05, 4.69) is 20.5 Å². The topological polar surface area (TPSA) is 67.8 Å². The Bertz CT molecular complexity index is 905. The fourth-order valence-electron chi connectivity index (χ4n) is 1.76. The zero-order valence-corrected chi connectivity index (χ0v) is 15.5. The average Bonchev–Trinajstić information content (AvgIpc) is 3.04. The summed E-state index contributed by atoms with van der Waals surface area (Å²) in [4.78, 5) is 16.0. The Labute approximate surface area is 160 Å². The molecular formula is C15H9Cl2FN4OS2. The maximum atomic E-state index is 12.9. The van der Waals surface area contributed by atoms with Gasteiger partial charge in [-0.2, -0.15) is 0 Å². The van der Waals surface area contributed by atoms with E-state index in [9.17, 15) is 9.18 Å². The standard InChI is InChI=1S/C15H9Cl2FN4OS2/c16-11-5-9(6-19-12(11)17)13(23)20-14-21-22-15(25-14)24-7-8-1-3-10(18)4-2-8/h1-6H,7H2,(H,20,21,23). The highest BCUT2D eigenvalue weighted by molar-refractivity contribution is 8.00. The summed E-state index contributed by atoms with van der Waals surface area (Å²) in [5, 5.41) is 11.3. The van der Waals surface area contributed by atoms with Crippen LogP contribution in [0.15, 0.2) is 40.9 Å². The Morgan fingerprint density at radius 1 is 1.24 bits per heavy atom. The van der Waals surface area contributed by atoms with Crippen LogP contribution in [0.3, 0.4) is 0 Å². The van der Waals surface area contributed by atoms with Gasteiger partial charge < -0.3 is 0 Å². The summed E-state index contributed by atoms with van der Waals surface area (Å²) in [5.74, 6) is -0.0525. The monoisotopic (exact) mass is 414 g/mol. The summed E-state index contributed by atoms with van der Waals surface area (Å²) in [6.45, 7) is 0. The fraction of sp³-hybridized carbons (Fsp3) is 0.0667. The molecule has 1 N–H and O–H groups in total. The molecule has 0 saturated heterocycles. The summed E-state index contributed by atoms with van der Waals surface area (Å²) in [6.07, 6.45) is 1.33. The molecule has 25 heavy (non-hydrogen) atoms. The second-order valence-corrected chi connectivity index (χ2v) is 7.70. The number of thioether (sulfide) groups is 1. The molecule has 0 radical (unpaired) electrons. The third-order valence-electron chi connectivity index (χ3n) is 2.96. The fourth-order valence-corrected chi connectivity index (χ4v) is 3.73. The summed E-state index contributed by atoms with van der Waals surface area (Å²) in [6, 6.07) is 7.67. The van der Waals surface area contributed by atoms with Crippen LogP contribution in [0.4, 0.5) is 9.52 Å². The van der Waals surface area contributed by atoms with E-state index in [4.69, 9.17) is 23.2 Å². The van der Waals surface area contributed by atoms with Crippen LogP contribution in [0.5, 0.6) is 0 Å².